The Balaban J connectivity index is 1.56. The van der Waals surface area contributed by atoms with E-state index in [1.165, 1.54) is 0 Å². The molecular formula is C19H20N4O3S. The second kappa shape index (κ2) is 8.50. The van der Waals surface area contributed by atoms with E-state index in [9.17, 15) is 8.42 Å². The second-order valence-electron chi connectivity index (χ2n) is 5.73. The molecule has 0 bridgehead atoms. The van der Waals surface area contributed by atoms with E-state index < -0.39 is 10.0 Å². The molecule has 0 aliphatic heterocycles. The smallest absolute Gasteiger partial charge is 0.233 e. The van der Waals surface area contributed by atoms with Crippen molar-refractivity contribution in [2.75, 3.05) is 15.8 Å². The van der Waals surface area contributed by atoms with E-state index in [1.807, 2.05) is 54.6 Å². The van der Waals surface area contributed by atoms with Gasteiger partial charge in [-0.1, -0.05) is 30.3 Å². The topological polar surface area (TPSA) is 93.2 Å². The molecular weight excluding hydrogens is 364 g/mol. The lowest BCUT2D eigenvalue weighted by Crippen LogP contribution is -2.15. The molecule has 3 rings (SSSR count). The zero-order valence-electron chi connectivity index (χ0n) is 14.8. The lowest BCUT2D eigenvalue weighted by molar-refractivity contribution is 0.306. The Labute approximate surface area is 158 Å². The summed E-state index contributed by atoms with van der Waals surface area (Å²) in [6.07, 6.45) is 0. The summed E-state index contributed by atoms with van der Waals surface area (Å²) >= 11 is 0. The van der Waals surface area contributed by atoms with Crippen LogP contribution in [0, 0.1) is 0 Å². The van der Waals surface area contributed by atoms with Gasteiger partial charge >= 0.3 is 0 Å². The first-order valence-electron chi connectivity index (χ1n) is 8.42. The molecule has 2 N–H and O–H groups in total. The van der Waals surface area contributed by atoms with Gasteiger partial charge in [0.2, 0.25) is 10.0 Å². The number of sulfonamides is 1. The van der Waals surface area contributed by atoms with Gasteiger partial charge in [-0.3, -0.25) is 4.72 Å². The van der Waals surface area contributed by atoms with Crippen LogP contribution in [-0.4, -0.2) is 24.4 Å². The minimum Gasteiger partial charge on any atom is -0.489 e. The third-order valence-corrected chi connectivity index (χ3v) is 4.96. The average molecular weight is 384 g/mol. The lowest BCUT2D eigenvalue weighted by atomic mass is 10.2. The fourth-order valence-corrected chi connectivity index (χ4v) is 2.78. The Bertz CT molecular complexity index is 960. The van der Waals surface area contributed by atoms with Crippen LogP contribution < -0.4 is 14.8 Å². The summed E-state index contributed by atoms with van der Waals surface area (Å²) in [5.74, 6) is 1.44. The van der Waals surface area contributed by atoms with Gasteiger partial charge in [-0.05, 0) is 48.9 Å². The molecule has 0 spiro atoms. The van der Waals surface area contributed by atoms with Crippen molar-refractivity contribution in [3.05, 3.63) is 72.3 Å². The average Bonchev–Trinajstić information content (AvgIpc) is 2.70. The van der Waals surface area contributed by atoms with Crippen molar-refractivity contribution in [2.24, 2.45) is 0 Å². The highest BCUT2D eigenvalue weighted by atomic mass is 32.2. The maximum absolute atomic E-state index is 11.5. The Morgan fingerprint density at radius 3 is 2.19 bits per heavy atom. The number of nitrogens with zero attached hydrogens (tertiary/aromatic N) is 2. The molecule has 0 amide bonds. The molecule has 2 aromatic carbocycles. The van der Waals surface area contributed by atoms with Crippen LogP contribution in [0.25, 0.3) is 0 Å². The highest BCUT2D eigenvalue weighted by Crippen LogP contribution is 2.20. The lowest BCUT2D eigenvalue weighted by Gasteiger charge is -2.09. The van der Waals surface area contributed by atoms with Crippen molar-refractivity contribution in [3.63, 3.8) is 0 Å². The first-order chi connectivity index (χ1) is 13.0. The highest BCUT2D eigenvalue weighted by molar-refractivity contribution is 7.92. The molecule has 3 aromatic rings. The first-order valence-corrected chi connectivity index (χ1v) is 10.1. The summed E-state index contributed by atoms with van der Waals surface area (Å²) in [5, 5.41) is 10.9. The monoisotopic (exact) mass is 384 g/mol. The third-order valence-electron chi connectivity index (χ3n) is 3.68. The van der Waals surface area contributed by atoms with Gasteiger partial charge in [0.15, 0.2) is 11.6 Å². The largest absolute Gasteiger partial charge is 0.489 e. The van der Waals surface area contributed by atoms with Crippen LogP contribution in [0.2, 0.25) is 0 Å². The van der Waals surface area contributed by atoms with Gasteiger partial charge in [-0.15, -0.1) is 10.2 Å². The third kappa shape index (κ3) is 5.68. The van der Waals surface area contributed by atoms with E-state index in [0.29, 0.717) is 12.4 Å². The summed E-state index contributed by atoms with van der Waals surface area (Å²) in [4.78, 5) is 0. The Kier molecular flexibility index (Phi) is 5.87. The number of rotatable bonds is 8. The Morgan fingerprint density at radius 2 is 1.56 bits per heavy atom. The van der Waals surface area contributed by atoms with Crippen molar-refractivity contribution in [3.8, 4) is 5.75 Å². The maximum atomic E-state index is 11.5. The second-order valence-corrected chi connectivity index (χ2v) is 7.74. The van der Waals surface area contributed by atoms with Crippen molar-refractivity contribution >= 4 is 27.3 Å². The molecule has 0 aliphatic rings. The molecule has 8 heteroatoms. The molecule has 0 saturated heterocycles. The minimum absolute atomic E-state index is 0.0205. The van der Waals surface area contributed by atoms with E-state index >= 15 is 0 Å². The predicted octanol–water partition coefficient (Wildman–Crippen LogP) is 3.56. The number of anilines is 3. The number of hydrogen-bond donors (Lipinski definition) is 2. The van der Waals surface area contributed by atoms with Gasteiger partial charge in [0.25, 0.3) is 0 Å². The van der Waals surface area contributed by atoms with Crippen molar-refractivity contribution in [1.82, 2.24) is 10.2 Å². The maximum Gasteiger partial charge on any atom is 0.233 e. The molecule has 1 aromatic heterocycles. The summed E-state index contributed by atoms with van der Waals surface area (Å²) in [7, 11) is -3.36. The van der Waals surface area contributed by atoms with Crippen molar-refractivity contribution in [1.29, 1.82) is 0 Å². The zero-order valence-corrected chi connectivity index (χ0v) is 15.6. The molecule has 27 heavy (non-hydrogen) atoms. The van der Waals surface area contributed by atoms with Crippen molar-refractivity contribution < 1.29 is 13.2 Å². The quantitative estimate of drug-likeness (QED) is 0.617. The molecule has 0 fully saturated rings. The molecule has 7 nitrogen and oxygen atoms in total. The number of aromatic nitrogens is 2. The summed E-state index contributed by atoms with van der Waals surface area (Å²) in [6.45, 7) is 2.06. The van der Waals surface area contributed by atoms with Crippen LogP contribution in [-0.2, 0) is 16.6 Å². The molecule has 140 valence electrons. The predicted molar refractivity (Wildman–Crippen MR) is 106 cm³/mol. The van der Waals surface area contributed by atoms with E-state index in [0.717, 1.165) is 17.0 Å². The Hall–Kier alpha value is -3.13. The molecule has 1 heterocycles. The van der Waals surface area contributed by atoms with Crippen LogP contribution in [0.1, 0.15) is 12.5 Å². The standard InChI is InChI=1S/C19H20N4O3S/c1-2-27(24,25)23-19-13-12-18(21-22-19)20-16-8-10-17(11-9-16)26-14-15-6-4-3-5-7-15/h3-13H,2,14H2,1H3,(H,20,21)(H,22,23). The molecule has 0 unspecified atom stereocenters. The number of hydrogen-bond acceptors (Lipinski definition) is 6. The van der Waals surface area contributed by atoms with Crippen LogP contribution in [0.15, 0.2) is 66.7 Å². The van der Waals surface area contributed by atoms with E-state index in [1.54, 1.807) is 19.1 Å². The van der Waals surface area contributed by atoms with Crippen LogP contribution in [0.3, 0.4) is 0 Å². The fourth-order valence-electron chi connectivity index (χ4n) is 2.21. The van der Waals surface area contributed by atoms with Crippen LogP contribution >= 0.6 is 0 Å². The van der Waals surface area contributed by atoms with Gasteiger partial charge in [0.1, 0.15) is 12.4 Å². The summed E-state index contributed by atoms with van der Waals surface area (Å²) in [5.41, 5.74) is 1.92. The number of benzene rings is 2. The molecule has 0 atom stereocenters. The Morgan fingerprint density at radius 1 is 0.889 bits per heavy atom. The zero-order chi connectivity index (χ0) is 19.1. The minimum atomic E-state index is -3.36. The molecule has 0 saturated carbocycles. The van der Waals surface area contributed by atoms with Gasteiger partial charge < -0.3 is 10.1 Å². The summed E-state index contributed by atoms with van der Waals surface area (Å²) < 4.78 is 31.1. The van der Waals surface area contributed by atoms with Crippen LogP contribution in [0.5, 0.6) is 5.75 Å². The van der Waals surface area contributed by atoms with E-state index in [-0.39, 0.29) is 11.6 Å². The fraction of sp³-hybridized carbons (Fsp3) is 0.158. The van der Waals surface area contributed by atoms with Gasteiger partial charge in [-0.25, -0.2) is 8.42 Å². The molecule has 0 aliphatic carbocycles. The van der Waals surface area contributed by atoms with Crippen molar-refractivity contribution in [2.45, 2.75) is 13.5 Å². The van der Waals surface area contributed by atoms with Crippen LogP contribution in [0.4, 0.5) is 17.3 Å². The first kappa shape index (κ1) is 18.7. The highest BCUT2D eigenvalue weighted by Gasteiger charge is 2.08. The van der Waals surface area contributed by atoms with Gasteiger partial charge in [0, 0.05) is 5.69 Å². The van der Waals surface area contributed by atoms with Gasteiger partial charge in [0.05, 0.1) is 5.75 Å². The summed E-state index contributed by atoms with van der Waals surface area (Å²) in [6, 6.07) is 20.6. The number of ether oxygens (including phenoxy) is 1. The van der Waals surface area contributed by atoms with E-state index in [2.05, 4.69) is 20.2 Å². The van der Waals surface area contributed by atoms with Gasteiger partial charge in [-0.2, -0.15) is 0 Å². The SMILES string of the molecule is CCS(=O)(=O)Nc1ccc(Nc2ccc(OCc3ccccc3)cc2)nn1. The van der Waals surface area contributed by atoms with E-state index in [4.69, 9.17) is 4.74 Å². The molecule has 0 radical (unpaired) electrons. The number of nitrogens with one attached hydrogen (secondary N) is 2. The normalized spacial score (nSPS) is 11.0.